The second-order valence-corrected chi connectivity index (χ2v) is 8.91. The first-order chi connectivity index (χ1) is 13.3. The molecule has 0 N–H and O–H groups in total. The lowest BCUT2D eigenvalue weighted by Gasteiger charge is -2.29. The molecular formula is C21H23N3O3S. The minimum absolute atomic E-state index is 0.137. The van der Waals surface area contributed by atoms with E-state index in [-0.39, 0.29) is 5.41 Å². The van der Waals surface area contributed by atoms with Crippen LogP contribution in [0.15, 0.2) is 29.9 Å². The van der Waals surface area contributed by atoms with Crippen LogP contribution in [0.2, 0.25) is 0 Å². The zero-order valence-corrected chi connectivity index (χ0v) is 17.3. The number of benzene rings is 1. The highest BCUT2D eigenvalue weighted by molar-refractivity contribution is 7.13. The van der Waals surface area contributed by atoms with E-state index in [0.29, 0.717) is 24.5 Å². The van der Waals surface area contributed by atoms with E-state index in [9.17, 15) is 4.79 Å². The monoisotopic (exact) mass is 397 g/mol. The van der Waals surface area contributed by atoms with E-state index in [4.69, 9.17) is 14.8 Å². The summed E-state index contributed by atoms with van der Waals surface area (Å²) in [7, 11) is 0. The fraction of sp³-hybridized carbons (Fsp3) is 0.381. The van der Waals surface area contributed by atoms with Crippen LogP contribution < -0.4 is 4.89 Å². The van der Waals surface area contributed by atoms with Crippen molar-refractivity contribution in [2.45, 2.75) is 39.5 Å². The molecule has 0 saturated carbocycles. The summed E-state index contributed by atoms with van der Waals surface area (Å²) in [5.74, 6) is 0.475. The Balaban J connectivity index is 1.80. The molecule has 0 unspecified atom stereocenters. The summed E-state index contributed by atoms with van der Waals surface area (Å²) in [5, 5.41) is 1.86. The molecule has 28 heavy (non-hydrogen) atoms. The van der Waals surface area contributed by atoms with E-state index in [0.717, 1.165) is 33.3 Å². The topological polar surface area (TPSA) is 64.6 Å². The second kappa shape index (κ2) is 7.05. The number of hydrogen-bond donors (Lipinski definition) is 0. The summed E-state index contributed by atoms with van der Waals surface area (Å²) in [4.78, 5) is 34.4. The second-order valence-electron chi connectivity index (χ2n) is 8.02. The van der Waals surface area contributed by atoms with Gasteiger partial charge in [0.1, 0.15) is 0 Å². The van der Waals surface area contributed by atoms with Crippen molar-refractivity contribution < 1.29 is 14.6 Å². The number of pyridine rings is 1. The number of likely N-dealkylation sites (tertiary alicyclic amines) is 1. The molecule has 0 atom stereocenters. The molecule has 1 aliphatic rings. The van der Waals surface area contributed by atoms with Gasteiger partial charge >= 0.3 is 6.09 Å². The molecule has 1 fully saturated rings. The molecule has 1 saturated heterocycles. The van der Waals surface area contributed by atoms with Crippen LogP contribution in [0.25, 0.3) is 21.2 Å². The summed E-state index contributed by atoms with van der Waals surface area (Å²) < 4.78 is 0. The van der Waals surface area contributed by atoms with E-state index >= 15 is 0 Å². The molecule has 3 aromatic rings. The van der Waals surface area contributed by atoms with Gasteiger partial charge < -0.3 is 4.90 Å². The third kappa shape index (κ3) is 3.42. The van der Waals surface area contributed by atoms with Crippen molar-refractivity contribution in [1.29, 1.82) is 0 Å². The molecule has 0 spiro atoms. The fourth-order valence-electron chi connectivity index (χ4n) is 3.23. The Labute approximate surface area is 168 Å². The minimum Gasteiger partial charge on any atom is -0.305 e. The van der Waals surface area contributed by atoms with E-state index in [1.165, 1.54) is 0 Å². The van der Waals surface area contributed by atoms with Crippen LogP contribution >= 0.6 is 11.3 Å². The van der Waals surface area contributed by atoms with E-state index in [1.54, 1.807) is 16.2 Å². The van der Waals surface area contributed by atoms with Crippen molar-refractivity contribution in [3.05, 3.63) is 41.3 Å². The number of aromatic nitrogens is 2. The van der Waals surface area contributed by atoms with Crippen LogP contribution in [0.5, 0.6) is 5.75 Å². The number of fused-ring (bicyclic) bond motifs is 1. The number of carbonyl (C=O) groups is 1. The standard InChI is InChI=1S/C21H23N3O3S/c1-13-18(26-27-20(25)24-8-5-9-24)16-10-14(17-11-22-12-28-17)6-7-15(16)19(23-13)21(2,3)4/h6-7,10-12H,5,8-9H2,1-4H3. The molecule has 0 bridgehead atoms. The average Bonchev–Trinajstić information content (AvgIpc) is 3.12. The van der Waals surface area contributed by atoms with Gasteiger partial charge in [0.15, 0.2) is 0 Å². The fourth-order valence-corrected chi connectivity index (χ4v) is 3.85. The van der Waals surface area contributed by atoms with Gasteiger partial charge in [0.05, 0.1) is 21.8 Å². The lowest BCUT2D eigenvalue weighted by atomic mass is 9.87. The van der Waals surface area contributed by atoms with Crippen molar-refractivity contribution in [1.82, 2.24) is 14.9 Å². The molecule has 0 radical (unpaired) electrons. The summed E-state index contributed by atoms with van der Waals surface area (Å²) in [6.07, 6.45) is 2.38. The van der Waals surface area contributed by atoms with Gasteiger partial charge in [-0.05, 0) is 25.0 Å². The summed E-state index contributed by atoms with van der Waals surface area (Å²) in [6, 6.07) is 6.18. The molecule has 1 aliphatic heterocycles. The number of thiazole rings is 1. The molecule has 4 rings (SSSR count). The average molecular weight is 398 g/mol. The first-order valence-electron chi connectivity index (χ1n) is 9.32. The van der Waals surface area contributed by atoms with Gasteiger partial charge in [0, 0.05) is 35.5 Å². The minimum atomic E-state index is -0.461. The van der Waals surface area contributed by atoms with E-state index in [2.05, 4.69) is 44.0 Å². The molecule has 0 aliphatic carbocycles. The molecular weight excluding hydrogens is 374 g/mol. The predicted octanol–water partition coefficient (Wildman–Crippen LogP) is 5.10. The van der Waals surface area contributed by atoms with E-state index in [1.807, 2.05) is 18.6 Å². The van der Waals surface area contributed by atoms with Gasteiger partial charge in [0.2, 0.25) is 5.75 Å². The number of aryl methyl sites for hydroxylation is 1. The molecule has 1 aromatic carbocycles. The summed E-state index contributed by atoms with van der Waals surface area (Å²) in [5.41, 5.74) is 4.39. The SMILES string of the molecule is Cc1nc(C(C)(C)C)c2ccc(-c3cncs3)cc2c1OOC(=O)N1CCC1. The van der Waals surface area contributed by atoms with Gasteiger partial charge in [0.25, 0.3) is 0 Å². The van der Waals surface area contributed by atoms with Crippen LogP contribution in [0.3, 0.4) is 0 Å². The number of carbonyl (C=O) groups excluding carboxylic acids is 1. The van der Waals surface area contributed by atoms with Crippen molar-refractivity contribution in [3.8, 4) is 16.2 Å². The largest absolute Gasteiger partial charge is 0.452 e. The first kappa shape index (κ1) is 18.7. The van der Waals surface area contributed by atoms with Crippen molar-refractivity contribution in [3.63, 3.8) is 0 Å². The highest BCUT2D eigenvalue weighted by Crippen LogP contribution is 2.38. The number of amides is 1. The van der Waals surface area contributed by atoms with Crippen LogP contribution in [0.4, 0.5) is 4.79 Å². The Morgan fingerprint density at radius 2 is 2.00 bits per heavy atom. The van der Waals surface area contributed by atoms with Crippen molar-refractivity contribution in [2.75, 3.05) is 13.1 Å². The number of rotatable bonds is 3. The zero-order chi connectivity index (χ0) is 19.9. The Bertz CT molecular complexity index is 1020. The Hall–Kier alpha value is -2.67. The highest BCUT2D eigenvalue weighted by atomic mass is 32.1. The predicted molar refractivity (Wildman–Crippen MR) is 110 cm³/mol. The van der Waals surface area contributed by atoms with Crippen LogP contribution in [0.1, 0.15) is 38.6 Å². The van der Waals surface area contributed by atoms with E-state index < -0.39 is 6.09 Å². The van der Waals surface area contributed by atoms with Gasteiger partial charge in [-0.25, -0.2) is 9.68 Å². The lowest BCUT2D eigenvalue weighted by molar-refractivity contribution is -0.157. The molecule has 6 nitrogen and oxygen atoms in total. The smallest absolute Gasteiger partial charge is 0.305 e. The van der Waals surface area contributed by atoms with Gasteiger partial charge in [-0.1, -0.05) is 32.9 Å². The van der Waals surface area contributed by atoms with Crippen LogP contribution in [-0.4, -0.2) is 34.1 Å². The lowest BCUT2D eigenvalue weighted by Crippen LogP contribution is -2.42. The molecule has 2 aromatic heterocycles. The van der Waals surface area contributed by atoms with Gasteiger partial charge in [-0.2, -0.15) is 0 Å². The maximum Gasteiger partial charge on any atom is 0.452 e. The maximum absolute atomic E-state index is 12.1. The number of hydrogen-bond acceptors (Lipinski definition) is 6. The zero-order valence-electron chi connectivity index (χ0n) is 16.5. The quantitative estimate of drug-likeness (QED) is 0.454. The Morgan fingerprint density at radius 3 is 2.61 bits per heavy atom. The molecule has 7 heteroatoms. The molecule has 146 valence electrons. The van der Waals surface area contributed by atoms with Crippen molar-refractivity contribution in [2.24, 2.45) is 0 Å². The third-order valence-corrected chi connectivity index (χ3v) is 5.69. The van der Waals surface area contributed by atoms with Crippen LogP contribution in [0, 0.1) is 6.92 Å². The summed E-state index contributed by atoms with van der Waals surface area (Å²) in [6.45, 7) is 9.69. The number of nitrogens with zero attached hydrogens (tertiary/aromatic N) is 3. The van der Waals surface area contributed by atoms with Crippen LogP contribution in [-0.2, 0) is 10.3 Å². The van der Waals surface area contributed by atoms with Crippen molar-refractivity contribution >= 4 is 28.2 Å². The highest BCUT2D eigenvalue weighted by Gasteiger charge is 2.26. The maximum atomic E-state index is 12.1. The van der Waals surface area contributed by atoms with Gasteiger partial charge in [-0.3, -0.25) is 14.9 Å². The Kier molecular flexibility index (Phi) is 4.71. The summed E-state index contributed by atoms with van der Waals surface area (Å²) >= 11 is 1.58. The van der Waals surface area contributed by atoms with Gasteiger partial charge in [-0.15, -0.1) is 11.3 Å². The molecule has 1 amide bonds. The molecule has 3 heterocycles. The third-order valence-electron chi connectivity index (χ3n) is 4.87. The Morgan fingerprint density at radius 1 is 1.21 bits per heavy atom. The first-order valence-corrected chi connectivity index (χ1v) is 10.2. The normalized spacial score (nSPS) is 14.1.